The first-order valence-corrected chi connectivity index (χ1v) is 14.3. The summed E-state index contributed by atoms with van der Waals surface area (Å²) < 4.78 is 13.3. The van der Waals surface area contributed by atoms with Gasteiger partial charge in [0.15, 0.2) is 5.11 Å². The molecule has 0 spiro atoms. The van der Waals surface area contributed by atoms with Crippen LogP contribution in [0.15, 0.2) is 66.9 Å². The molecule has 1 N–H and O–H groups in total. The number of hydrogen-bond donors (Lipinski definition) is 1. The van der Waals surface area contributed by atoms with E-state index in [4.69, 9.17) is 38.3 Å². The molecule has 208 valence electrons. The number of para-hydroxylation sites is 1. The second-order valence-electron chi connectivity index (χ2n) is 10.1. The van der Waals surface area contributed by atoms with E-state index in [0.717, 1.165) is 17.8 Å². The number of anilines is 1. The van der Waals surface area contributed by atoms with Crippen molar-refractivity contribution in [1.82, 2.24) is 14.9 Å². The number of rotatable bonds is 9. The molecule has 1 saturated heterocycles. The summed E-state index contributed by atoms with van der Waals surface area (Å²) in [6.07, 6.45) is 2.78. The van der Waals surface area contributed by atoms with Crippen molar-refractivity contribution in [1.29, 1.82) is 0 Å². The van der Waals surface area contributed by atoms with Crippen LogP contribution >= 0.6 is 23.8 Å². The third-order valence-corrected chi connectivity index (χ3v) is 8.16. The average molecular weight is 575 g/mol. The molecule has 8 heteroatoms. The van der Waals surface area contributed by atoms with Crippen LogP contribution in [0.2, 0.25) is 5.02 Å². The lowest BCUT2D eigenvalue weighted by molar-refractivity contribution is 0.146. The predicted molar refractivity (Wildman–Crippen MR) is 166 cm³/mol. The molecule has 0 radical (unpaired) electrons. The first-order chi connectivity index (χ1) is 19.3. The molecule has 0 aliphatic carbocycles. The SMILES string of the molecule is CCc1cccc(C)c1-n1c(C)cc([C@@H]2[C@@H](c3ccccn3)NC(=S)N2c2ccc(OCCOC)c(Cl)c2)c1C. The first-order valence-electron chi connectivity index (χ1n) is 13.5. The molecule has 5 rings (SSSR count). The van der Waals surface area contributed by atoms with E-state index in [2.05, 4.69) is 66.7 Å². The molecule has 2 aromatic carbocycles. The summed E-state index contributed by atoms with van der Waals surface area (Å²) in [5, 5.41) is 4.72. The van der Waals surface area contributed by atoms with Gasteiger partial charge in [-0.2, -0.15) is 0 Å². The van der Waals surface area contributed by atoms with Gasteiger partial charge in [0.1, 0.15) is 12.4 Å². The van der Waals surface area contributed by atoms with Gasteiger partial charge in [0.25, 0.3) is 0 Å². The van der Waals surface area contributed by atoms with Crippen LogP contribution < -0.4 is 15.0 Å². The molecule has 2 aromatic heterocycles. The zero-order chi connectivity index (χ0) is 28.4. The van der Waals surface area contributed by atoms with Crippen LogP contribution in [0.5, 0.6) is 5.75 Å². The van der Waals surface area contributed by atoms with Gasteiger partial charge < -0.3 is 24.3 Å². The number of benzene rings is 2. The molecular formula is C32H35ClN4O2S. The number of nitrogens with one attached hydrogen (secondary N) is 1. The third kappa shape index (κ3) is 5.21. The fourth-order valence-corrected chi connectivity index (χ4v) is 6.27. The van der Waals surface area contributed by atoms with Crippen molar-refractivity contribution in [2.75, 3.05) is 25.2 Å². The van der Waals surface area contributed by atoms with E-state index in [1.54, 1.807) is 7.11 Å². The first kappa shape index (κ1) is 28.1. The maximum absolute atomic E-state index is 6.70. The Bertz CT molecular complexity index is 1520. The van der Waals surface area contributed by atoms with Gasteiger partial charge in [-0.05, 0) is 92.5 Å². The summed E-state index contributed by atoms with van der Waals surface area (Å²) >= 11 is 12.7. The second-order valence-corrected chi connectivity index (χ2v) is 10.8. The number of hydrogen-bond acceptors (Lipinski definition) is 4. The van der Waals surface area contributed by atoms with Crippen LogP contribution in [-0.4, -0.2) is 35.0 Å². The van der Waals surface area contributed by atoms with Crippen molar-refractivity contribution >= 4 is 34.6 Å². The zero-order valence-electron chi connectivity index (χ0n) is 23.6. The van der Waals surface area contributed by atoms with Crippen LogP contribution in [0, 0.1) is 20.8 Å². The fourth-order valence-electron chi connectivity index (χ4n) is 5.70. The lowest BCUT2D eigenvalue weighted by Crippen LogP contribution is -2.29. The minimum Gasteiger partial charge on any atom is -0.490 e. The molecule has 1 aliphatic heterocycles. The van der Waals surface area contributed by atoms with Gasteiger partial charge >= 0.3 is 0 Å². The van der Waals surface area contributed by atoms with E-state index in [1.807, 2.05) is 42.6 Å². The van der Waals surface area contributed by atoms with Crippen LogP contribution in [0.25, 0.3) is 5.69 Å². The number of halogens is 1. The molecule has 40 heavy (non-hydrogen) atoms. The Morgan fingerprint density at radius 1 is 1.02 bits per heavy atom. The lowest BCUT2D eigenvalue weighted by Gasteiger charge is -2.28. The van der Waals surface area contributed by atoms with Gasteiger partial charge in [0.05, 0.1) is 35.1 Å². The van der Waals surface area contributed by atoms with Crippen molar-refractivity contribution in [3.8, 4) is 11.4 Å². The summed E-state index contributed by atoms with van der Waals surface area (Å²) in [5.41, 5.74) is 9.18. The zero-order valence-corrected chi connectivity index (χ0v) is 25.1. The van der Waals surface area contributed by atoms with E-state index < -0.39 is 0 Å². The Balaban J connectivity index is 1.64. The molecular weight excluding hydrogens is 540 g/mol. The largest absolute Gasteiger partial charge is 0.490 e. The minimum atomic E-state index is -0.151. The highest BCUT2D eigenvalue weighted by Crippen LogP contribution is 2.45. The summed E-state index contributed by atoms with van der Waals surface area (Å²) in [7, 11) is 1.65. The van der Waals surface area contributed by atoms with E-state index in [9.17, 15) is 0 Å². The number of methoxy groups -OCH3 is 1. The van der Waals surface area contributed by atoms with E-state index in [1.165, 1.54) is 33.8 Å². The van der Waals surface area contributed by atoms with Gasteiger partial charge in [-0.15, -0.1) is 0 Å². The standard InChI is InChI=1S/C32H35ClN4O2S/c1-6-23-11-9-10-20(2)30(23)36-21(3)18-25(22(36)4)31-29(27-12-7-8-15-34-27)35-32(40)37(31)24-13-14-28(26(33)19-24)39-17-16-38-5/h7-15,18-19,29,31H,6,16-17H2,1-5H3,(H,35,40)/t29-,31-/m1/s1. The highest BCUT2D eigenvalue weighted by molar-refractivity contribution is 7.80. The number of pyridine rings is 1. The van der Waals surface area contributed by atoms with Crippen LogP contribution in [0.1, 0.15) is 52.8 Å². The van der Waals surface area contributed by atoms with Gasteiger partial charge in [0, 0.05) is 30.4 Å². The van der Waals surface area contributed by atoms with E-state index in [0.29, 0.717) is 29.1 Å². The number of ether oxygens (including phenoxy) is 2. The van der Waals surface area contributed by atoms with Crippen molar-refractivity contribution in [3.63, 3.8) is 0 Å². The Morgan fingerprint density at radius 3 is 2.55 bits per heavy atom. The highest BCUT2D eigenvalue weighted by atomic mass is 35.5. The smallest absolute Gasteiger partial charge is 0.174 e. The van der Waals surface area contributed by atoms with Crippen molar-refractivity contribution in [2.45, 2.75) is 46.2 Å². The highest BCUT2D eigenvalue weighted by Gasteiger charge is 2.42. The molecule has 3 heterocycles. The molecule has 0 saturated carbocycles. The minimum absolute atomic E-state index is 0.146. The molecule has 1 aliphatic rings. The Hall–Kier alpha value is -3.39. The predicted octanol–water partition coefficient (Wildman–Crippen LogP) is 7.22. The van der Waals surface area contributed by atoms with Crippen LogP contribution in [-0.2, 0) is 11.2 Å². The molecule has 6 nitrogen and oxygen atoms in total. The van der Waals surface area contributed by atoms with Gasteiger partial charge in [-0.1, -0.05) is 42.8 Å². The Morgan fingerprint density at radius 2 is 1.85 bits per heavy atom. The molecule has 4 aromatic rings. The Labute approximate surface area is 246 Å². The molecule has 0 unspecified atom stereocenters. The maximum atomic E-state index is 6.70. The summed E-state index contributed by atoms with van der Waals surface area (Å²) in [6.45, 7) is 9.67. The van der Waals surface area contributed by atoms with Gasteiger partial charge in [0.2, 0.25) is 0 Å². The summed E-state index contributed by atoms with van der Waals surface area (Å²) in [6, 6.07) is 20.3. The number of aryl methyl sites for hydroxylation is 3. The van der Waals surface area contributed by atoms with Crippen molar-refractivity contribution in [3.05, 3.63) is 106 Å². The quantitative estimate of drug-likeness (QED) is 0.168. The summed E-state index contributed by atoms with van der Waals surface area (Å²) in [5.74, 6) is 0.614. The second kappa shape index (κ2) is 12.0. The van der Waals surface area contributed by atoms with Crippen LogP contribution in [0.3, 0.4) is 0 Å². The maximum Gasteiger partial charge on any atom is 0.174 e. The molecule has 2 atom stereocenters. The van der Waals surface area contributed by atoms with Crippen molar-refractivity contribution < 1.29 is 9.47 Å². The monoisotopic (exact) mass is 574 g/mol. The van der Waals surface area contributed by atoms with Gasteiger partial charge in [-0.25, -0.2) is 0 Å². The van der Waals surface area contributed by atoms with E-state index in [-0.39, 0.29) is 12.1 Å². The fraction of sp³-hybridized carbons (Fsp3) is 0.312. The topological polar surface area (TPSA) is 51.6 Å². The Kier molecular flexibility index (Phi) is 8.45. The van der Waals surface area contributed by atoms with Crippen LogP contribution in [0.4, 0.5) is 5.69 Å². The van der Waals surface area contributed by atoms with E-state index >= 15 is 0 Å². The summed E-state index contributed by atoms with van der Waals surface area (Å²) in [4.78, 5) is 6.87. The third-order valence-electron chi connectivity index (χ3n) is 7.55. The molecule has 1 fully saturated rings. The normalized spacial score (nSPS) is 16.9. The lowest BCUT2D eigenvalue weighted by atomic mass is 9.96. The average Bonchev–Trinajstić information content (AvgIpc) is 3.44. The number of thiocarbonyl (C=S) groups is 1. The number of nitrogens with zero attached hydrogens (tertiary/aromatic N) is 3. The van der Waals surface area contributed by atoms with Crippen molar-refractivity contribution in [2.24, 2.45) is 0 Å². The number of aromatic nitrogens is 2. The molecule has 0 bridgehead atoms. The molecule has 0 amide bonds. The van der Waals surface area contributed by atoms with Gasteiger partial charge in [-0.3, -0.25) is 4.98 Å².